The van der Waals surface area contributed by atoms with Gasteiger partial charge in [0.25, 0.3) is 11.8 Å². The molecule has 3 aromatic carbocycles. The smallest absolute Gasteiger partial charge is 0.343 e. The van der Waals surface area contributed by atoms with Crippen LogP contribution in [0.4, 0.5) is 5.69 Å². The lowest BCUT2D eigenvalue weighted by Crippen LogP contribution is -2.29. The normalized spacial score (nSPS) is 12.9. The zero-order chi connectivity index (χ0) is 19.8. The van der Waals surface area contributed by atoms with E-state index in [0.717, 1.165) is 4.90 Å². The number of rotatable bonds is 3. The molecule has 0 fully saturated rings. The van der Waals surface area contributed by atoms with Crippen LogP contribution in [0.5, 0.6) is 5.75 Å². The van der Waals surface area contributed by atoms with E-state index >= 15 is 0 Å². The molecule has 28 heavy (non-hydrogen) atoms. The zero-order valence-corrected chi connectivity index (χ0v) is 15.7. The van der Waals surface area contributed by atoms with Crippen LogP contribution >= 0.6 is 23.2 Å². The molecule has 1 heterocycles. The van der Waals surface area contributed by atoms with Gasteiger partial charge in [-0.1, -0.05) is 41.4 Å². The largest absolute Gasteiger partial charge is 0.423 e. The van der Waals surface area contributed by atoms with Crippen LogP contribution in [0.2, 0.25) is 10.0 Å². The predicted octanol–water partition coefficient (Wildman–Crippen LogP) is 5.01. The number of carbonyl (C=O) groups excluding carboxylic acids is 3. The third-order valence-electron chi connectivity index (χ3n) is 4.24. The molecule has 0 saturated heterocycles. The molecule has 0 saturated carbocycles. The Balaban J connectivity index is 1.60. The molecule has 0 unspecified atom stereocenters. The fraction of sp³-hybridized carbons (Fsp3) is 0. The van der Waals surface area contributed by atoms with Crippen LogP contribution < -0.4 is 9.64 Å². The molecule has 2 amide bonds. The summed E-state index contributed by atoms with van der Waals surface area (Å²) in [4.78, 5) is 38.6. The second-order valence-corrected chi connectivity index (χ2v) is 6.82. The molecule has 1 aliphatic heterocycles. The van der Waals surface area contributed by atoms with E-state index in [1.807, 2.05) is 0 Å². The van der Waals surface area contributed by atoms with Gasteiger partial charge >= 0.3 is 5.97 Å². The van der Waals surface area contributed by atoms with Gasteiger partial charge in [0.15, 0.2) is 0 Å². The number of fused-ring (bicyclic) bond motifs is 1. The summed E-state index contributed by atoms with van der Waals surface area (Å²) in [7, 11) is 0. The molecule has 3 aromatic rings. The lowest BCUT2D eigenvalue weighted by molar-refractivity contribution is 0.0734. The Bertz CT molecular complexity index is 1110. The van der Waals surface area contributed by atoms with Crippen LogP contribution in [0, 0.1) is 0 Å². The molecule has 0 atom stereocenters. The Hall–Kier alpha value is -3.15. The van der Waals surface area contributed by atoms with Crippen LogP contribution in [-0.2, 0) is 0 Å². The number of hydrogen-bond acceptors (Lipinski definition) is 4. The van der Waals surface area contributed by atoms with E-state index in [1.54, 1.807) is 42.5 Å². The van der Waals surface area contributed by atoms with E-state index in [-0.39, 0.29) is 16.3 Å². The highest BCUT2D eigenvalue weighted by Crippen LogP contribution is 2.31. The molecular formula is C21H11Cl2NO4. The van der Waals surface area contributed by atoms with Gasteiger partial charge in [0, 0.05) is 6.07 Å². The molecule has 1 aliphatic rings. The third kappa shape index (κ3) is 3.15. The first kappa shape index (κ1) is 18.2. The van der Waals surface area contributed by atoms with Crippen molar-refractivity contribution < 1.29 is 19.1 Å². The van der Waals surface area contributed by atoms with Gasteiger partial charge in [-0.15, -0.1) is 0 Å². The van der Waals surface area contributed by atoms with E-state index in [9.17, 15) is 14.4 Å². The number of hydrogen-bond donors (Lipinski definition) is 0. The van der Waals surface area contributed by atoms with Gasteiger partial charge in [0.05, 0.1) is 32.4 Å². The van der Waals surface area contributed by atoms with Crippen molar-refractivity contribution in [1.29, 1.82) is 0 Å². The number of ether oxygens (including phenoxy) is 1. The van der Waals surface area contributed by atoms with Gasteiger partial charge in [-0.2, -0.15) is 0 Å². The first-order valence-corrected chi connectivity index (χ1v) is 8.96. The molecule has 5 nitrogen and oxygen atoms in total. The summed E-state index contributed by atoms with van der Waals surface area (Å²) in [5, 5.41) is 0.557. The molecule has 138 valence electrons. The minimum atomic E-state index is -0.641. The molecule has 0 radical (unpaired) electrons. The molecule has 7 heteroatoms. The highest BCUT2D eigenvalue weighted by Gasteiger charge is 2.36. The van der Waals surface area contributed by atoms with E-state index in [1.165, 1.54) is 24.3 Å². The van der Waals surface area contributed by atoms with Crippen molar-refractivity contribution in [2.45, 2.75) is 0 Å². The Morgan fingerprint density at radius 3 is 2.11 bits per heavy atom. The molecule has 0 aliphatic carbocycles. The summed E-state index contributed by atoms with van der Waals surface area (Å²) in [5.41, 5.74) is 1.21. The van der Waals surface area contributed by atoms with E-state index in [4.69, 9.17) is 27.9 Å². The zero-order valence-electron chi connectivity index (χ0n) is 14.2. The lowest BCUT2D eigenvalue weighted by Gasteiger charge is -2.15. The van der Waals surface area contributed by atoms with Crippen LogP contribution in [0.15, 0.2) is 66.7 Å². The van der Waals surface area contributed by atoms with Gasteiger partial charge in [0.2, 0.25) is 0 Å². The Morgan fingerprint density at radius 2 is 1.46 bits per heavy atom. The third-order valence-corrected chi connectivity index (χ3v) is 4.97. The minimum Gasteiger partial charge on any atom is -0.423 e. The predicted molar refractivity (Wildman–Crippen MR) is 105 cm³/mol. The maximum Gasteiger partial charge on any atom is 0.343 e. The average molecular weight is 412 g/mol. The van der Waals surface area contributed by atoms with Gasteiger partial charge in [-0.25, -0.2) is 9.69 Å². The standard InChI is InChI=1S/C21H11Cl2NO4/c22-17-9-8-12(10-18(17)23)21(27)28-14-5-3-4-13(11-14)24-19(25)15-6-1-2-7-16(15)20(24)26/h1-11H. The molecular weight excluding hydrogens is 401 g/mol. The highest BCUT2D eigenvalue weighted by atomic mass is 35.5. The van der Waals surface area contributed by atoms with Crippen molar-refractivity contribution in [2.75, 3.05) is 4.90 Å². The van der Waals surface area contributed by atoms with Crippen LogP contribution in [0.3, 0.4) is 0 Å². The molecule has 4 rings (SSSR count). The first-order valence-electron chi connectivity index (χ1n) is 8.21. The Morgan fingerprint density at radius 1 is 0.786 bits per heavy atom. The molecule has 0 spiro atoms. The number of nitrogens with zero attached hydrogens (tertiary/aromatic N) is 1. The number of carbonyl (C=O) groups is 3. The van der Waals surface area contributed by atoms with Crippen molar-refractivity contribution in [3.05, 3.63) is 93.5 Å². The first-order chi connectivity index (χ1) is 13.5. The quantitative estimate of drug-likeness (QED) is 0.345. The van der Waals surface area contributed by atoms with E-state index in [2.05, 4.69) is 0 Å². The summed E-state index contributed by atoms with van der Waals surface area (Å²) >= 11 is 11.8. The fourth-order valence-corrected chi connectivity index (χ4v) is 3.20. The van der Waals surface area contributed by atoms with E-state index in [0.29, 0.717) is 21.8 Å². The number of esters is 1. The number of halogens is 2. The monoisotopic (exact) mass is 411 g/mol. The maximum atomic E-state index is 12.6. The van der Waals surface area contributed by atoms with Gasteiger partial charge in [-0.3, -0.25) is 9.59 Å². The second-order valence-electron chi connectivity index (χ2n) is 6.01. The van der Waals surface area contributed by atoms with Crippen molar-refractivity contribution in [3.8, 4) is 5.75 Å². The Kier molecular flexibility index (Phi) is 4.63. The van der Waals surface area contributed by atoms with E-state index < -0.39 is 17.8 Å². The topological polar surface area (TPSA) is 63.7 Å². The summed E-state index contributed by atoms with van der Waals surface area (Å²) in [6.07, 6.45) is 0. The van der Waals surface area contributed by atoms with Crippen LogP contribution in [0.1, 0.15) is 31.1 Å². The highest BCUT2D eigenvalue weighted by molar-refractivity contribution is 6.42. The summed E-state index contributed by atoms with van der Waals surface area (Å²) in [6.45, 7) is 0. The molecule has 0 N–H and O–H groups in total. The van der Waals surface area contributed by atoms with Gasteiger partial charge < -0.3 is 4.74 Å². The lowest BCUT2D eigenvalue weighted by atomic mass is 10.1. The maximum absolute atomic E-state index is 12.6. The van der Waals surface area contributed by atoms with Crippen molar-refractivity contribution in [3.63, 3.8) is 0 Å². The summed E-state index contributed by atoms with van der Waals surface area (Å²) < 4.78 is 5.35. The van der Waals surface area contributed by atoms with Crippen LogP contribution in [-0.4, -0.2) is 17.8 Å². The second kappa shape index (κ2) is 7.11. The summed E-state index contributed by atoms with van der Waals surface area (Å²) in [5.74, 6) is -1.30. The summed E-state index contributed by atoms with van der Waals surface area (Å²) in [6, 6.07) is 17.2. The van der Waals surface area contributed by atoms with Crippen molar-refractivity contribution >= 4 is 46.7 Å². The number of amides is 2. The molecule has 0 bridgehead atoms. The number of imide groups is 1. The number of anilines is 1. The van der Waals surface area contributed by atoms with Gasteiger partial charge in [-0.05, 0) is 42.5 Å². The van der Waals surface area contributed by atoms with Gasteiger partial charge in [0.1, 0.15) is 5.75 Å². The van der Waals surface area contributed by atoms with Crippen LogP contribution in [0.25, 0.3) is 0 Å². The fourth-order valence-electron chi connectivity index (χ4n) is 2.90. The van der Waals surface area contributed by atoms with Crippen molar-refractivity contribution in [2.24, 2.45) is 0 Å². The minimum absolute atomic E-state index is 0.185. The average Bonchev–Trinajstić information content (AvgIpc) is 2.95. The SMILES string of the molecule is O=C(Oc1cccc(N2C(=O)c3ccccc3C2=O)c1)c1ccc(Cl)c(Cl)c1. The van der Waals surface area contributed by atoms with Crippen molar-refractivity contribution in [1.82, 2.24) is 0 Å². The molecule has 0 aromatic heterocycles. The number of benzene rings is 3. The Labute approximate surface area is 170 Å².